The quantitative estimate of drug-likeness (QED) is 0.535. The largest absolute Gasteiger partial charge is 0.478 e. The lowest BCUT2D eigenvalue weighted by Gasteiger charge is -2.09. The Balaban J connectivity index is 3.89. The van der Waals surface area contributed by atoms with E-state index in [1.54, 1.807) is 6.08 Å². The predicted octanol–water partition coefficient (Wildman–Crippen LogP) is 2.79. The van der Waals surface area contributed by atoms with Gasteiger partial charge in [0.2, 0.25) is 0 Å². The monoisotopic (exact) mass is 180 g/mol. The molecule has 0 rings (SSSR count). The number of allylic oxidation sites excluding steroid dienone is 5. The molecular formula is C11H16O2. The molecule has 2 heteroatoms. The zero-order valence-corrected chi connectivity index (χ0v) is 8.32. The van der Waals surface area contributed by atoms with Crippen LogP contribution in [0, 0.1) is 5.41 Å². The van der Waals surface area contributed by atoms with Crippen molar-refractivity contribution in [1.29, 1.82) is 0 Å². The van der Waals surface area contributed by atoms with Crippen LogP contribution in [0.2, 0.25) is 0 Å². The fraction of sp³-hybridized carbons (Fsp3) is 0.364. The van der Waals surface area contributed by atoms with E-state index in [1.165, 1.54) is 6.08 Å². The van der Waals surface area contributed by atoms with Gasteiger partial charge in [0.25, 0.3) is 0 Å². The van der Waals surface area contributed by atoms with Crippen molar-refractivity contribution in [1.82, 2.24) is 0 Å². The van der Waals surface area contributed by atoms with Gasteiger partial charge in [0, 0.05) is 6.08 Å². The predicted molar refractivity (Wildman–Crippen MR) is 54.5 cm³/mol. The minimum atomic E-state index is -0.926. The van der Waals surface area contributed by atoms with Gasteiger partial charge < -0.3 is 5.11 Å². The molecule has 0 saturated heterocycles. The second-order valence-electron chi connectivity index (χ2n) is 3.81. The van der Waals surface area contributed by atoms with Crippen LogP contribution in [0.5, 0.6) is 0 Å². The van der Waals surface area contributed by atoms with Crippen LogP contribution < -0.4 is 0 Å². The molecule has 1 N–H and O–H groups in total. The summed E-state index contributed by atoms with van der Waals surface area (Å²) in [6.07, 6.45) is 10.1. The molecular weight excluding hydrogens is 164 g/mol. The average Bonchev–Trinajstić information content (AvgIpc) is 1.93. The maximum absolute atomic E-state index is 10.1. The van der Waals surface area contributed by atoms with Gasteiger partial charge >= 0.3 is 5.97 Å². The van der Waals surface area contributed by atoms with Gasteiger partial charge in [-0.05, 0) is 5.41 Å². The molecule has 0 radical (unpaired) electrons. The molecule has 0 heterocycles. The molecule has 0 bridgehead atoms. The standard InChI is InChI=1S/C11H16O2/c1-11(2,3)9-7-5-4-6-8-10(12)13/h4-9H,1-3H3,(H,12,13). The SMILES string of the molecule is CC(C)(C)C=CC=CC=CC(=O)O. The molecule has 0 saturated carbocycles. The smallest absolute Gasteiger partial charge is 0.328 e. The number of carboxylic acid groups (broad SMARTS) is 1. The Morgan fingerprint density at radius 2 is 1.62 bits per heavy atom. The molecule has 72 valence electrons. The Bertz CT molecular complexity index is 239. The lowest BCUT2D eigenvalue weighted by atomic mass is 9.96. The van der Waals surface area contributed by atoms with E-state index in [1.807, 2.05) is 12.2 Å². The Morgan fingerprint density at radius 1 is 1.08 bits per heavy atom. The average molecular weight is 180 g/mol. The maximum Gasteiger partial charge on any atom is 0.328 e. The van der Waals surface area contributed by atoms with Crippen molar-refractivity contribution in [2.45, 2.75) is 20.8 Å². The third-order valence-corrected chi connectivity index (χ3v) is 1.17. The molecule has 0 aliphatic rings. The van der Waals surface area contributed by atoms with Crippen LogP contribution in [0.4, 0.5) is 0 Å². The summed E-state index contributed by atoms with van der Waals surface area (Å²) < 4.78 is 0. The van der Waals surface area contributed by atoms with Crippen LogP contribution in [0.15, 0.2) is 36.5 Å². The normalized spacial score (nSPS) is 13.5. The van der Waals surface area contributed by atoms with Crippen molar-refractivity contribution in [2.75, 3.05) is 0 Å². The van der Waals surface area contributed by atoms with Crippen molar-refractivity contribution in [3.63, 3.8) is 0 Å². The van der Waals surface area contributed by atoms with Crippen LogP contribution in [0.1, 0.15) is 20.8 Å². The van der Waals surface area contributed by atoms with Gasteiger partial charge in [-0.2, -0.15) is 0 Å². The minimum Gasteiger partial charge on any atom is -0.478 e. The Labute approximate surface area is 79.3 Å². The minimum absolute atomic E-state index is 0.168. The molecule has 0 aromatic rings. The van der Waals surface area contributed by atoms with Crippen LogP contribution in [0.3, 0.4) is 0 Å². The van der Waals surface area contributed by atoms with E-state index in [-0.39, 0.29) is 5.41 Å². The van der Waals surface area contributed by atoms with E-state index in [0.29, 0.717) is 0 Å². The van der Waals surface area contributed by atoms with Gasteiger partial charge in [0.05, 0.1) is 0 Å². The highest BCUT2D eigenvalue weighted by Gasteiger charge is 2.01. The van der Waals surface area contributed by atoms with E-state index in [2.05, 4.69) is 26.8 Å². The second-order valence-corrected chi connectivity index (χ2v) is 3.81. The number of hydrogen-bond acceptors (Lipinski definition) is 1. The summed E-state index contributed by atoms with van der Waals surface area (Å²) in [5, 5.41) is 8.26. The summed E-state index contributed by atoms with van der Waals surface area (Å²) in [5.74, 6) is -0.926. The van der Waals surface area contributed by atoms with Crippen LogP contribution in [0.25, 0.3) is 0 Å². The van der Waals surface area contributed by atoms with E-state index in [0.717, 1.165) is 6.08 Å². The number of carbonyl (C=O) groups is 1. The van der Waals surface area contributed by atoms with Crippen LogP contribution in [-0.4, -0.2) is 11.1 Å². The number of carboxylic acids is 1. The van der Waals surface area contributed by atoms with Crippen molar-refractivity contribution in [2.24, 2.45) is 5.41 Å². The van der Waals surface area contributed by atoms with Gasteiger partial charge in [-0.15, -0.1) is 0 Å². The fourth-order valence-corrected chi connectivity index (χ4v) is 0.610. The number of hydrogen-bond donors (Lipinski definition) is 1. The lowest BCUT2D eigenvalue weighted by Crippen LogP contribution is -1.97. The first-order valence-corrected chi connectivity index (χ1v) is 4.17. The molecule has 13 heavy (non-hydrogen) atoms. The Hall–Kier alpha value is -1.31. The number of rotatable bonds is 3. The Kier molecular flexibility index (Phi) is 4.82. The first kappa shape index (κ1) is 11.7. The molecule has 0 spiro atoms. The molecule has 0 unspecified atom stereocenters. The molecule has 0 aliphatic heterocycles. The molecule has 0 aromatic heterocycles. The highest BCUT2D eigenvalue weighted by molar-refractivity contribution is 5.80. The topological polar surface area (TPSA) is 37.3 Å². The molecule has 0 amide bonds. The molecule has 0 aliphatic carbocycles. The summed E-state index contributed by atoms with van der Waals surface area (Å²) in [5.41, 5.74) is 0.168. The van der Waals surface area contributed by atoms with E-state index in [9.17, 15) is 4.79 Å². The van der Waals surface area contributed by atoms with Crippen molar-refractivity contribution in [3.05, 3.63) is 36.5 Å². The summed E-state index contributed by atoms with van der Waals surface area (Å²) in [6.45, 7) is 6.30. The zero-order chi connectivity index (χ0) is 10.3. The van der Waals surface area contributed by atoms with E-state index >= 15 is 0 Å². The second kappa shape index (κ2) is 5.36. The Morgan fingerprint density at radius 3 is 2.08 bits per heavy atom. The first-order valence-electron chi connectivity index (χ1n) is 4.17. The molecule has 0 fully saturated rings. The number of aliphatic carboxylic acids is 1. The van der Waals surface area contributed by atoms with Crippen molar-refractivity contribution < 1.29 is 9.90 Å². The molecule has 2 nitrogen and oxygen atoms in total. The highest BCUT2D eigenvalue weighted by atomic mass is 16.4. The lowest BCUT2D eigenvalue weighted by molar-refractivity contribution is -0.131. The molecule has 0 aromatic carbocycles. The summed E-state index contributed by atoms with van der Waals surface area (Å²) in [4.78, 5) is 10.1. The van der Waals surface area contributed by atoms with Crippen LogP contribution in [-0.2, 0) is 4.79 Å². The summed E-state index contributed by atoms with van der Waals surface area (Å²) in [6, 6.07) is 0. The maximum atomic E-state index is 10.1. The van der Waals surface area contributed by atoms with Gasteiger partial charge in [-0.3, -0.25) is 0 Å². The van der Waals surface area contributed by atoms with Crippen LogP contribution >= 0.6 is 0 Å². The zero-order valence-electron chi connectivity index (χ0n) is 8.32. The fourth-order valence-electron chi connectivity index (χ4n) is 0.610. The van der Waals surface area contributed by atoms with Gasteiger partial charge in [0.15, 0.2) is 0 Å². The highest BCUT2D eigenvalue weighted by Crippen LogP contribution is 2.14. The van der Waals surface area contributed by atoms with Crippen molar-refractivity contribution in [3.8, 4) is 0 Å². The summed E-state index contributed by atoms with van der Waals surface area (Å²) >= 11 is 0. The van der Waals surface area contributed by atoms with E-state index in [4.69, 9.17) is 5.11 Å². The van der Waals surface area contributed by atoms with Gasteiger partial charge in [-0.25, -0.2) is 4.79 Å². The third kappa shape index (κ3) is 10.7. The first-order chi connectivity index (χ1) is 5.92. The van der Waals surface area contributed by atoms with Gasteiger partial charge in [0.1, 0.15) is 0 Å². The summed E-state index contributed by atoms with van der Waals surface area (Å²) in [7, 11) is 0. The van der Waals surface area contributed by atoms with E-state index < -0.39 is 5.97 Å². The molecule has 0 atom stereocenters. The van der Waals surface area contributed by atoms with Crippen molar-refractivity contribution >= 4 is 5.97 Å². The van der Waals surface area contributed by atoms with Gasteiger partial charge in [-0.1, -0.05) is 51.2 Å². The third-order valence-electron chi connectivity index (χ3n) is 1.17.